The lowest BCUT2D eigenvalue weighted by Crippen LogP contribution is -2.08. The summed E-state index contributed by atoms with van der Waals surface area (Å²) in [5.41, 5.74) is 6.87. The Morgan fingerprint density at radius 2 is 2.18 bits per heavy atom. The van der Waals surface area contributed by atoms with Gasteiger partial charge in [0.05, 0.1) is 5.25 Å². The third kappa shape index (κ3) is 3.51. The zero-order chi connectivity index (χ0) is 12.3. The minimum atomic E-state index is 0.217. The van der Waals surface area contributed by atoms with Crippen molar-refractivity contribution in [3.8, 4) is 0 Å². The zero-order valence-electron chi connectivity index (χ0n) is 9.26. The Balaban J connectivity index is 2.12. The van der Waals surface area contributed by atoms with Gasteiger partial charge < -0.3 is 5.73 Å². The molecular weight excluding hydrogens is 318 g/mol. The molecule has 1 unspecified atom stereocenters. The molecule has 0 fully saturated rings. The Hall–Kier alpha value is -0.430. The summed E-state index contributed by atoms with van der Waals surface area (Å²) in [4.78, 5) is 9.82. The summed E-state index contributed by atoms with van der Waals surface area (Å²) in [6, 6.07) is 2.10. The average Bonchev–Trinajstić information content (AvgIpc) is 2.75. The maximum Gasteiger partial charge on any atom is 0.188 e. The molecule has 6 heteroatoms. The Labute approximate surface area is 117 Å². The fourth-order valence-corrected chi connectivity index (χ4v) is 3.80. The van der Waals surface area contributed by atoms with Crippen molar-refractivity contribution in [2.75, 3.05) is 6.54 Å². The fourth-order valence-electron chi connectivity index (χ4n) is 1.29. The second-order valence-electron chi connectivity index (χ2n) is 3.55. The van der Waals surface area contributed by atoms with Crippen LogP contribution in [0.15, 0.2) is 33.5 Å². The predicted octanol–water partition coefficient (Wildman–Crippen LogP) is 3.40. The molecule has 0 saturated heterocycles. The number of nitrogens with zero attached hydrogens (tertiary/aromatic N) is 2. The van der Waals surface area contributed by atoms with Crippen molar-refractivity contribution >= 4 is 39.0 Å². The Morgan fingerprint density at radius 3 is 2.71 bits per heavy atom. The number of hydrogen-bond acceptors (Lipinski definition) is 5. The van der Waals surface area contributed by atoms with Crippen molar-refractivity contribution in [3.05, 3.63) is 38.8 Å². The van der Waals surface area contributed by atoms with Crippen molar-refractivity contribution in [1.82, 2.24) is 9.97 Å². The molecule has 0 aliphatic carbocycles. The van der Waals surface area contributed by atoms with Crippen LogP contribution >= 0.6 is 39.0 Å². The van der Waals surface area contributed by atoms with E-state index >= 15 is 0 Å². The van der Waals surface area contributed by atoms with Crippen LogP contribution in [0.3, 0.4) is 0 Å². The van der Waals surface area contributed by atoms with Crippen molar-refractivity contribution in [3.63, 3.8) is 0 Å². The van der Waals surface area contributed by atoms with Crippen molar-refractivity contribution in [2.45, 2.75) is 17.3 Å². The number of nitrogens with two attached hydrogens (primary N) is 1. The van der Waals surface area contributed by atoms with E-state index in [9.17, 15) is 0 Å². The minimum absolute atomic E-state index is 0.217. The highest BCUT2D eigenvalue weighted by Crippen LogP contribution is 2.36. The Morgan fingerprint density at radius 1 is 1.47 bits per heavy atom. The zero-order valence-corrected chi connectivity index (χ0v) is 12.5. The van der Waals surface area contributed by atoms with Crippen molar-refractivity contribution in [2.24, 2.45) is 5.73 Å². The van der Waals surface area contributed by atoms with Crippen LogP contribution in [0, 0.1) is 6.92 Å². The lowest BCUT2D eigenvalue weighted by molar-refractivity contribution is 0.912. The Kier molecular flexibility index (Phi) is 4.55. The van der Waals surface area contributed by atoms with Crippen LogP contribution in [-0.2, 0) is 0 Å². The smallest absolute Gasteiger partial charge is 0.188 e. The number of halogens is 1. The molecule has 2 aromatic heterocycles. The third-order valence-electron chi connectivity index (χ3n) is 2.12. The molecule has 0 bridgehead atoms. The van der Waals surface area contributed by atoms with Crippen LogP contribution in [-0.4, -0.2) is 16.5 Å². The molecule has 0 saturated carbocycles. The van der Waals surface area contributed by atoms with Crippen LogP contribution in [0.4, 0.5) is 0 Å². The molecule has 0 aliphatic heterocycles. The molecule has 0 aromatic carbocycles. The van der Waals surface area contributed by atoms with Crippen molar-refractivity contribution in [1.29, 1.82) is 0 Å². The van der Waals surface area contributed by atoms with Gasteiger partial charge in [-0.25, -0.2) is 9.97 Å². The molecule has 0 aliphatic rings. The van der Waals surface area contributed by atoms with E-state index in [4.69, 9.17) is 5.73 Å². The van der Waals surface area contributed by atoms with E-state index in [1.54, 1.807) is 23.1 Å². The molecule has 90 valence electrons. The van der Waals surface area contributed by atoms with Gasteiger partial charge in [-0.3, -0.25) is 0 Å². The maximum atomic E-state index is 5.81. The van der Waals surface area contributed by atoms with Gasteiger partial charge in [0.25, 0.3) is 0 Å². The standard InChI is InChI=1S/C11H12BrN3S2/c1-7-4-14-11(15-5-7)17-10(3-13)9-2-8(12)6-16-9/h2,4-6,10H,3,13H2,1H3. The van der Waals surface area contributed by atoms with Crippen LogP contribution in [0.1, 0.15) is 15.7 Å². The number of aryl methyl sites for hydroxylation is 1. The molecule has 17 heavy (non-hydrogen) atoms. The first-order chi connectivity index (χ1) is 8.19. The third-order valence-corrected chi connectivity index (χ3v) is 5.23. The van der Waals surface area contributed by atoms with E-state index < -0.39 is 0 Å². The highest BCUT2D eigenvalue weighted by molar-refractivity contribution is 9.10. The first-order valence-electron chi connectivity index (χ1n) is 5.08. The quantitative estimate of drug-likeness (QED) is 0.689. The SMILES string of the molecule is Cc1cnc(SC(CN)c2cc(Br)cs2)nc1. The van der Waals surface area contributed by atoms with Gasteiger partial charge in [-0.2, -0.15) is 0 Å². The summed E-state index contributed by atoms with van der Waals surface area (Å²) in [5.74, 6) is 0. The van der Waals surface area contributed by atoms with Crippen LogP contribution < -0.4 is 5.73 Å². The summed E-state index contributed by atoms with van der Waals surface area (Å²) in [7, 11) is 0. The molecule has 1 atom stereocenters. The first-order valence-corrected chi connectivity index (χ1v) is 7.63. The highest BCUT2D eigenvalue weighted by Gasteiger charge is 2.15. The maximum absolute atomic E-state index is 5.81. The van der Waals surface area contributed by atoms with Gasteiger partial charge in [-0.05, 0) is 34.5 Å². The number of aromatic nitrogens is 2. The largest absolute Gasteiger partial charge is 0.329 e. The molecule has 2 N–H and O–H groups in total. The van der Waals surface area contributed by atoms with Gasteiger partial charge in [0, 0.05) is 33.7 Å². The van der Waals surface area contributed by atoms with Gasteiger partial charge in [-0.15, -0.1) is 11.3 Å². The molecule has 0 amide bonds. The van der Waals surface area contributed by atoms with Gasteiger partial charge in [-0.1, -0.05) is 11.8 Å². The fraction of sp³-hybridized carbons (Fsp3) is 0.273. The topological polar surface area (TPSA) is 51.8 Å². The summed E-state index contributed by atoms with van der Waals surface area (Å²) < 4.78 is 1.10. The number of thiophene rings is 1. The number of rotatable bonds is 4. The second-order valence-corrected chi connectivity index (χ2v) is 6.58. The lowest BCUT2D eigenvalue weighted by Gasteiger charge is -2.10. The van der Waals surface area contributed by atoms with E-state index in [-0.39, 0.29) is 5.25 Å². The van der Waals surface area contributed by atoms with E-state index in [1.165, 1.54) is 4.88 Å². The van der Waals surface area contributed by atoms with E-state index in [0.29, 0.717) is 6.54 Å². The minimum Gasteiger partial charge on any atom is -0.329 e. The van der Waals surface area contributed by atoms with Crippen LogP contribution in [0.25, 0.3) is 0 Å². The average molecular weight is 330 g/mol. The Bertz CT molecular complexity index is 484. The molecule has 0 radical (unpaired) electrons. The molecule has 0 spiro atoms. The molecular formula is C11H12BrN3S2. The first kappa shape index (κ1) is 13.0. The van der Waals surface area contributed by atoms with Gasteiger partial charge in [0.1, 0.15) is 0 Å². The summed E-state index contributed by atoms with van der Waals surface area (Å²) >= 11 is 6.76. The second kappa shape index (κ2) is 5.95. The normalized spacial score (nSPS) is 12.6. The van der Waals surface area contributed by atoms with Crippen LogP contribution in [0.2, 0.25) is 0 Å². The molecule has 2 heterocycles. The summed E-state index contributed by atoms with van der Waals surface area (Å²) in [6.07, 6.45) is 3.65. The monoisotopic (exact) mass is 329 g/mol. The highest BCUT2D eigenvalue weighted by atomic mass is 79.9. The molecule has 2 aromatic rings. The van der Waals surface area contributed by atoms with Gasteiger partial charge in [0.15, 0.2) is 5.16 Å². The number of hydrogen-bond donors (Lipinski definition) is 1. The van der Waals surface area contributed by atoms with Gasteiger partial charge in [0.2, 0.25) is 0 Å². The van der Waals surface area contributed by atoms with Crippen molar-refractivity contribution < 1.29 is 0 Å². The number of thioether (sulfide) groups is 1. The van der Waals surface area contributed by atoms with E-state index in [1.807, 2.05) is 19.3 Å². The van der Waals surface area contributed by atoms with Gasteiger partial charge >= 0.3 is 0 Å². The predicted molar refractivity (Wildman–Crippen MR) is 76.4 cm³/mol. The summed E-state index contributed by atoms with van der Waals surface area (Å²) in [6.45, 7) is 2.56. The molecule has 3 nitrogen and oxygen atoms in total. The van der Waals surface area contributed by atoms with E-state index in [2.05, 4.69) is 37.3 Å². The molecule has 2 rings (SSSR count). The lowest BCUT2D eigenvalue weighted by atomic mass is 10.3. The van der Waals surface area contributed by atoms with Crippen LogP contribution in [0.5, 0.6) is 0 Å². The van der Waals surface area contributed by atoms with E-state index in [0.717, 1.165) is 15.2 Å². The summed E-state index contributed by atoms with van der Waals surface area (Å²) in [5, 5.41) is 3.05.